The number of methoxy groups -OCH3 is 1. The van der Waals surface area contributed by atoms with Gasteiger partial charge < -0.3 is 14.1 Å². The van der Waals surface area contributed by atoms with E-state index in [4.69, 9.17) is 9.15 Å². The van der Waals surface area contributed by atoms with Crippen LogP contribution in [0.1, 0.15) is 11.3 Å². The van der Waals surface area contributed by atoms with E-state index in [1.807, 2.05) is 6.07 Å². The number of rotatable bonds is 7. The maximum absolute atomic E-state index is 13.5. The maximum atomic E-state index is 13.5. The lowest BCUT2D eigenvalue weighted by molar-refractivity contribution is 0.357. The summed E-state index contributed by atoms with van der Waals surface area (Å²) in [4.78, 5) is 15.7. The Kier molecular flexibility index (Phi) is 5.99. The third-order valence-electron chi connectivity index (χ3n) is 4.84. The van der Waals surface area contributed by atoms with Crippen LogP contribution < -0.4 is 10.3 Å². The number of ether oxygens (including phenoxy) is 1. The molecular weight excluding hydrogens is 484 g/mol. The van der Waals surface area contributed by atoms with Crippen LogP contribution in [-0.4, -0.2) is 24.8 Å². The second-order valence-electron chi connectivity index (χ2n) is 6.86. The van der Waals surface area contributed by atoms with Crippen LogP contribution in [0.2, 0.25) is 0 Å². The number of nitrogens with one attached hydrogen (secondary N) is 1. The van der Waals surface area contributed by atoms with E-state index < -0.39 is 10.0 Å². The summed E-state index contributed by atoms with van der Waals surface area (Å²) in [6, 6.07) is 17.0. The number of aromatic nitrogens is 1. The van der Waals surface area contributed by atoms with Crippen molar-refractivity contribution in [3.8, 4) is 5.75 Å². The smallest absolute Gasteiger partial charge is 0.252 e. The van der Waals surface area contributed by atoms with Crippen molar-refractivity contribution in [1.29, 1.82) is 0 Å². The monoisotopic (exact) mass is 502 g/mol. The van der Waals surface area contributed by atoms with Gasteiger partial charge in [0.2, 0.25) is 10.0 Å². The SMILES string of the molecule is COc1ccc2cc(CN(Cc3ccco3)S(=O)(=O)c3ccccc3Br)c(=O)[nH]c2c1. The molecule has 0 aliphatic rings. The number of hydrogen-bond donors (Lipinski definition) is 1. The highest BCUT2D eigenvalue weighted by Gasteiger charge is 2.28. The van der Waals surface area contributed by atoms with E-state index in [1.165, 1.54) is 16.6 Å². The number of nitrogens with zero attached hydrogens (tertiary/aromatic N) is 1. The molecule has 0 atom stereocenters. The van der Waals surface area contributed by atoms with Crippen LogP contribution in [0, 0.1) is 0 Å². The zero-order chi connectivity index (χ0) is 22.0. The first-order chi connectivity index (χ1) is 14.9. The molecule has 0 aliphatic heterocycles. The molecule has 4 rings (SSSR count). The van der Waals surface area contributed by atoms with Crippen LogP contribution in [0.3, 0.4) is 0 Å². The zero-order valence-electron chi connectivity index (χ0n) is 16.5. The molecule has 31 heavy (non-hydrogen) atoms. The van der Waals surface area contributed by atoms with Crippen LogP contribution in [0.25, 0.3) is 10.9 Å². The lowest BCUT2D eigenvalue weighted by atomic mass is 10.1. The Labute approximate surface area is 187 Å². The first-order valence-corrected chi connectivity index (χ1v) is 11.6. The number of furan rings is 1. The van der Waals surface area contributed by atoms with Crippen molar-refractivity contribution in [3.05, 3.63) is 93.1 Å². The third-order valence-corrected chi connectivity index (χ3v) is 7.65. The Morgan fingerprint density at radius 2 is 1.87 bits per heavy atom. The quantitative estimate of drug-likeness (QED) is 0.407. The number of pyridine rings is 1. The Bertz CT molecular complexity index is 1380. The van der Waals surface area contributed by atoms with Crippen LogP contribution in [0.5, 0.6) is 5.75 Å². The highest BCUT2D eigenvalue weighted by molar-refractivity contribution is 9.10. The van der Waals surface area contributed by atoms with E-state index in [1.54, 1.807) is 55.6 Å². The van der Waals surface area contributed by atoms with Gasteiger partial charge in [0.05, 0.1) is 30.3 Å². The number of benzene rings is 2. The van der Waals surface area contributed by atoms with E-state index in [2.05, 4.69) is 20.9 Å². The summed E-state index contributed by atoms with van der Waals surface area (Å²) in [5, 5.41) is 0.770. The number of hydrogen-bond acceptors (Lipinski definition) is 5. The molecule has 2 heterocycles. The molecule has 0 bridgehead atoms. The fourth-order valence-corrected chi connectivity index (χ4v) is 5.60. The molecule has 0 fully saturated rings. The molecule has 9 heteroatoms. The van der Waals surface area contributed by atoms with Crippen LogP contribution in [0.4, 0.5) is 0 Å². The van der Waals surface area contributed by atoms with Crippen molar-refractivity contribution in [2.24, 2.45) is 0 Å². The topological polar surface area (TPSA) is 92.6 Å². The van der Waals surface area contributed by atoms with Gasteiger partial charge >= 0.3 is 0 Å². The summed E-state index contributed by atoms with van der Waals surface area (Å²) in [6.07, 6.45) is 1.48. The summed E-state index contributed by atoms with van der Waals surface area (Å²) < 4.78 is 39.2. The normalized spacial score (nSPS) is 11.8. The summed E-state index contributed by atoms with van der Waals surface area (Å²) >= 11 is 3.32. The Morgan fingerprint density at radius 1 is 1.06 bits per heavy atom. The molecule has 0 unspecified atom stereocenters. The Hall–Kier alpha value is -2.88. The van der Waals surface area contributed by atoms with Crippen LogP contribution in [-0.2, 0) is 23.1 Å². The zero-order valence-corrected chi connectivity index (χ0v) is 18.9. The minimum atomic E-state index is -3.93. The summed E-state index contributed by atoms with van der Waals surface area (Å²) in [6.45, 7) is -0.140. The highest BCUT2D eigenvalue weighted by atomic mass is 79.9. The van der Waals surface area contributed by atoms with E-state index in [0.717, 1.165) is 5.39 Å². The predicted octanol–water partition coefficient (Wildman–Crippen LogP) is 4.28. The Morgan fingerprint density at radius 3 is 2.58 bits per heavy atom. The van der Waals surface area contributed by atoms with Crippen molar-refractivity contribution >= 4 is 36.9 Å². The second-order valence-corrected chi connectivity index (χ2v) is 9.62. The molecule has 1 N–H and O–H groups in total. The van der Waals surface area contributed by atoms with Gasteiger partial charge in [-0.15, -0.1) is 0 Å². The van der Waals surface area contributed by atoms with E-state index in [9.17, 15) is 13.2 Å². The average molecular weight is 503 g/mol. The minimum Gasteiger partial charge on any atom is -0.497 e. The molecule has 7 nitrogen and oxygen atoms in total. The molecule has 4 aromatic rings. The number of sulfonamides is 1. The standard InChI is InChI=1S/C22H19BrN2O5S/c1-29-17-9-8-15-11-16(22(26)24-20(15)12-17)13-25(14-18-5-4-10-30-18)31(27,28)21-7-3-2-6-19(21)23/h2-12H,13-14H2,1H3,(H,24,26). The van der Waals surface area contributed by atoms with Crippen LogP contribution in [0.15, 0.2) is 85.5 Å². The fraction of sp³-hybridized carbons (Fsp3) is 0.136. The van der Waals surface area contributed by atoms with Gasteiger partial charge in [0.25, 0.3) is 5.56 Å². The van der Waals surface area contributed by atoms with Crippen LogP contribution >= 0.6 is 15.9 Å². The van der Waals surface area contributed by atoms with Crippen molar-refractivity contribution in [2.75, 3.05) is 7.11 Å². The van der Waals surface area contributed by atoms with E-state index in [-0.39, 0.29) is 23.5 Å². The fourth-order valence-electron chi connectivity index (χ4n) is 3.26. The molecular formula is C22H19BrN2O5S. The van der Waals surface area contributed by atoms with E-state index >= 15 is 0 Å². The molecule has 0 saturated carbocycles. The lowest BCUT2D eigenvalue weighted by Crippen LogP contribution is -2.32. The number of aromatic amines is 1. The predicted molar refractivity (Wildman–Crippen MR) is 120 cm³/mol. The van der Waals surface area contributed by atoms with Crippen molar-refractivity contribution in [2.45, 2.75) is 18.0 Å². The van der Waals surface area contributed by atoms with Gasteiger partial charge in [-0.2, -0.15) is 4.31 Å². The first kappa shape index (κ1) is 21.4. The number of H-pyrrole nitrogens is 1. The molecule has 0 aliphatic carbocycles. The Balaban J connectivity index is 1.77. The van der Waals surface area contributed by atoms with Gasteiger partial charge in [-0.05, 0) is 63.8 Å². The molecule has 2 aromatic carbocycles. The molecule has 160 valence electrons. The van der Waals surface area contributed by atoms with Gasteiger partial charge in [-0.3, -0.25) is 4.79 Å². The third kappa shape index (κ3) is 4.43. The first-order valence-electron chi connectivity index (χ1n) is 9.35. The molecule has 2 aromatic heterocycles. The molecule has 0 amide bonds. The minimum absolute atomic E-state index is 0.0171. The van der Waals surface area contributed by atoms with Crippen molar-refractivity contribution in [3.63, 3.8) is 0 Å². The second kappa shape index (κ2) is 8.70. The largest absolute Gasteiger partial charge is 0.497 e. The lowest BCUT2D eigenvalue weighted by Gasteiger charge is -2.22. The van der Waals surface area contributed by atoms with Gasteiger partial charge in [0, 0.05) is 22.6 Å². The van der Waals surface area contributed by atoms with Gasteiger partial charge in [-0.25, -0.2) is 8.42 Å². The van der Waals surface area contributed by atoms with Gasteiger partial charge in [-0.1, -0.05) is 12.1 Å². The van der Waals surface area contributed by atoms with Crippen molar-refractivity contribution in [1.82, 2.24) is 9.29 Å². The number of fused-ring (bicyclic) bond motifs is 1. The van der Waals surface area contributed by atoms with Gasteiger partial charge in [0.15, 0.2) is 0 Å². The molecule has 0 spiro atoms. The average Bonchev–Trinajstić information content (AvgIpc) is 3.26. The van der Waals surface area contributed by atoms with Crippen molar-refractivity contribution < 1.29 is 17.6 Å². The summed E-state index contributed by atoms with van der Waals surface area (Å²) in [7, 11) is -2.38. The number of halogens is 1. The maximum Gasteiger partial charge on any atom is 0.252 e. The molecule has 0 saturated heterocycles. The van der Waals surface area contributed by atoms with Gasteiger partial charge in [0.1, 0.15) is 11.5 Å². The summed E-state index contributed by atoms with van der Waals surface area (Å²) in [5.74, 6) is 1.09. The molecule has 0 radical (unpaired) electrons. The summed E-state index contributed by atoms with van der Waals surface area (Å²) in [5.41, 5.74) is 0.562. The van der Waals surface area contributed by atoms with E-state index in [0.29, 0.717) is 27.1 Å². The highest BCUT2D eigenvalue weighted by Crippen LogP contribution is 2.27.